The number of rotatable bonds is 6. The minimum Gasteiger partial charge on any atom is -0.366 e. The second-order valence-corrected chi connectivity index (χ2v) is 7.77. The van der Waals surface area contributed by atoms with Crippen LogP contribution >= 0.6 is 0 Å². The topological polar surface area (TPSA) is 110 Å². The Labute approximate surface area is 184 Å². The molecule has 9 nitrogen and oxygen atoms in total. The number of imidazole rings is 1. The Hall–Kier alpha value is -4.01. The standard InChI is InChI=1S/C23H23N5O4/c1-26-14-11-24-22(26)21(29)17-7-8-19(20(15-17)28(31)32)27-12-9-16(10-13-27)23(30)25-18-5-3-2-4-6-18/h2-8,11,14-16H,9-10,12-13H2,1H3,(H,25,30). The van der Waals surface area contributed by atoms with Crippen LogP contribution in [0.1, 0.15) is 29.0 Å². The third kappa shape index (κ3) is 4.36. The first kappa shape index (κ1) is 21.2. The maximum atomic E-state index is 12.7. The molecule has 2 heterocycles. The zero-order chi connectivity index (χ0) is 22.7. The number of hydrogen-bond donors (Lipinski definition) is 1. The molecule has 0 atom stereocenters. The molecule has 0 saturated carbocycles. The van der Waals surface area contributed by atoms with Crippen LogP contribution in [0.5, 0.6) is 0 Å². The first-order valence-electron chi connectivity index (χ1n) is 10.4. The van der Waals surface area contributed by atoms with Gasteiger partial charge in [-0.3, -0.25) is 19.7 Å². The van der Waals surface area contributed by atoms with Crippen LogP contribution in [-0.2, 0) is 11.8 Å². The summed E-state index contributed by atoms with van der Waals surface area (Å²) < 4.78 is 1.58. The number of carbonyl (C=O) groups is 2. The van der Waals surface area contributed by atoms with E-state index in [1.54, 1.807) is 29.9 Å². The van der Waals surface area contributed by atoms with Gasteiger partial charge in [0.05, 0.1) is 4.92 Å². The zero-order valence-corrected chi connectivity index (χ0v) is 17.6. The van der Waals surface area contributed by atoms with Gasteiger partial charge in [0.1, 0.15) is 5.69 Å². The molecule has 164 valence electrons. The molecule has 1 saturated heterocycles. The molecule has 1 aliphatic rings. The van der Waals surface area contributed by atoms with Gasteiger partial charge in [-0.05, 0) is 37.1 Å². The summed E-state index contributed by atoms with van der Waals surface area (Å²) in [6, 6.07) is 13.8. The zero-order valence-electron chi connectivity index (χ0n) is 17.6. The van der Waals surface area contributed by atoms with Crippen LogP contribution in [0.25, 0.3) is 0 Å². The van der Waals surface area contributed by atoms with Gasteiger partial charge >= 0.3 is 0 Å². The van der Waals surface area contributed by atoms with Gasteiger partial charge in [-0.25, -0.2) is 4.98 Å². The highest BCUT2D eigenvalue weighted by molar-refractivity contribution is 6.07. The van der Waals surface area contributed by atoms with Crippen LogP contribution in [0.4, 0.5) is 17.1 Å². The third-order valence-electron chi connectivity index (χ3n) is 5.71. The van der Waals surface area contributed by atoms with Gasteiger partial charge in [-0.1, -0.05) is 18.2 Å². The number of aryl methyl sites for hydroxylation is 1. The Bertz CT molecular complexity index is 1150. The first-order chi connectivity index (χ1) is 15.4. The van der Waals surface area contributed by atoms with Crippen LogP contribution in [0.3, 0.4) is 0 Å². The SMILES string of the molecule is Cn1ccnc1C(=O)c1ccc(N2CCC(C(=O)Nc3ccccc3)CC2)c([N+](=O)[O-])c1. The molecule has 32 heavy (non-hydrogen) atoms. The molecule has 0 bridgehead atoms. The fraction of sp³-hybridized carbons (Fsp3) is 0.261. The number of amides is 1. The summed E-state index contributed by atoms with van der Waals surface area (Å²) in [5, 5.41) is 14.7. The first-order valence-corrected chi connectivity index (χ1v) is 10.4. The van der Waals surface area contributed by atoms with Crippen molar-refractivity contribution in [2.24, 2.45) is 13.0 Å². The number of nitro groups is 1. The maximum Gasteiger partial charge on any atom is 0.293 e. The largest absolute Gasteiger partial charge is 0.366 e. The lowest BCUT2D eigenvalue weighted by molar-refractivity contribution is -0.384. The number of ketones is 1. The van der Waals surface area contributed by atoms with E-state index >= 15 is 0 Å². The monoisotopic (exact) mass is 433 g/mol. The number of nitrogens with one attached hydrogen (secondary N) is 1. The Balaban J connectivity index is 1.47. The number of nitro benzene ring substituents is 1. The summed E-state index contributed by atoms with van der Waals surface area (Å²) in [4.78, 5) is 42.5. The molecule has 0 aliphatic carbocycles. The highest BCUT2D eigenvalue weighted by Crippen LogP contribution is 2.33. The molecule has 4 rings (SSSR count). The van der Waals surface area contributed by atoms with Crippen molar-refractivity contribution in [2.75, 3.05) is 23.3 Å². The van der Waals surface area contributed by atoms with Gasteiger partial charge in [0.25, 0.3) is 5.69 Å². The average Bonchev–Trinajstić information content (AvgIpc) is 3.24. The molecule has 1 amide bonds. The van der Waals surface area contributed by atoms with E-state index < -0.39 is 4.92 Å². The minimum atomic E-state index is -0.473. The number of hydrogen-bond acceptors (Lipinski definition) is 6. The van der Waals surface area contributed by atoms with Crippen LogP contribution in [0, 0.1) is 16.0 Å². The van der Waals surface area contributed by atoms with E-state index in [0.29, 0.717) is 31.6 Å². The Morgan fingerprint density at radius 3 is 2.47 bits per heavy atom. The molecule has 0 radical (unpaired) electrons. The quantitative estimate of drug-likeness (QED) is 0.362. The maximum absolute atomic E-state index is 12.7. The van der Waals surface area contributed by atoms with Gasteiger partial charge in [-0.2, -0.15) is 0 Å². The van der Waals surface area contributed by atoms with E-state index in [1.165, 1.54) is 12.3 Å². The summed E-state index contributed by atoms with van der Waals surface area (Å²) in [5.74, 6) is -0.350. The summed E-state index contributed by atoms with van der Waals surface area (Å²) in [6.45, 7) is 1.03. The average molecular weight is 433 g/mol. The molecule has 0 unspecified atom stereocenters. The lowest BCUT2D eigenvalue weighted by Crippen LogP contribution is -2.38. The number of aromatic nitrogens is 2. The van der Waals surface area contributed by atoms with E-state index in [-0.39, 0.29) is 34.7 Å². The molecule has 0 spiro atoms. The van der Waals surface area contributed by atoms with Gasteiger partial charge in [0, 0.05) is 55.8 Å². The van der Waals surface area contributed by atoms with Gasteiger partial charge in [-0.15, -0.1) is 0 Å². The molecular weight excluding hydrogens is 410 g/mol. The van der Waals surface area contributed by atoms with Crippen molar-refractivity contribution in [3.8, 4) is 0 Å². The highest BCUT2D eigenvalue weighted by atomic mass is 16.6. The lowest BCUT2D eigenvalue weighted by atomic mass is 9.95. The predicted molar refractivity (Wildman–Crippen MR) is 120 cm³/mol. The van der Waals surface area contributed by atoms with Crippen LogP contribution < -0.4 is 10.2 Å². The van der Waals surface area contributed by atoms with Crippen LogP contribution in [-0.4, -0.2) is 39.3 Å². The molecule has 1 aromatic heterocycles. The Kier molecular flexibility index (Phi) is 5.98. The second kappa shape index (κ2) is 9.01. The lowest BCUT2D eigenvalue weighted by Gasteiger charge is -2.32. The van der Waals surface area contributed by atoms with Crippen molar-refractivity contribution in [3.63, 3.8) is 0 Å². The van der Waals surface area contributed by atoms with Gasteiger partial charge in [0.15, 0.2) is 5.82 Å². The van der Waals surface area contributed by atoms with E-state index in [1.807, 2.05) is 35.2 Å². The summed E-state index contributed by atoms with van der Waals surface area (Å²) in [6.07, 6.45) is 4.33. The smallest absolute Gasteiger partial charge is 0.293 e. The van der Waals surface area contributed by atoms with Crippen molar-refractivity contribution in [2.45, 2.75) is 12.8 Å². The predicted octanol–water partition coefficient (Wildman–Crippen LogP) is 3.41. The normalized spacial score (nSPS) is 14.2. The van der Waals surface area contributed by atoms with Crippen molar-refractivity contribution in [3.05, 3.63) is 82.4 Å². The number of para-hydroxylation sites is 1. The number of nitrogens with zero attached hydrogens (tertiary/aromatic N) is 4. The van der Waals surface area contributed by atoms with Crippen molar-refractivity contribution < 1.29 is 14.5 Å². The fourth-order valence-electron chi connectivity index (χ4n) is 3.94. The van der Waals surface area contributed by atoms with Gasteiger partial charge in [0.2, 0.25) is 11.7 Å². The molecule has 1 aliphatic heterocycles. The van der Waals surface area contributed by atoms with Crippen LogP contribution in [0.15, 0.2) is 60.9 Å². The minimum absolute atomic E-state index is 0.0404. The van der Waals surface area contributed by atoms with E-state index in [2.05, 4.69) is 10.3 Å². The number of carbonyl (C=O) groups excluding carboxylic acids is 2. The highest BCUT2D eigenvalue weighted by Gasteiger charge is 2.29. The van der Waals surface area contributed by atoms with Crippen molar-refractivity contribution >= 4 is 28.8 Å². The molecule has 3 aromatic rings. The third-order valence-corrected chi connectivity index (χ3v) is 5.71. The molecule has 1 fully saturated rings. The Morgan fingerprint density at radius 2 is 1.84 bits per heavy atom. The van der Waals surface area contributed by atoms with E-state index in [9.17, 15) is 19.7 Å². The van der Waals surface area contributed by atoms with Crippen molar-refractivity contribution in [1.29, 1.82) is 0 Å². The van der Waals surface area contributed by atoms with Gasteiger partial charge < -0.3 is 14.8 Å². The Morgan fingerprint density at radius 1 is 1.12 bits per heavy atom. The van der Waals surface area contributed by atoms with E-state index in [0.717, 1.165) is 5.69 Å². The fourth-order valence-corrected chi connectivity index (χ4v) is 3.94. The van der Waals surface area contributed by atoms with Crippen molar-refractivity contribution in [1.82, 2.24) is 9.55 Å². The number of anilines is 2. The molecular formula is C23H23N5O4. The summed E-state index contributed by atoms with van der Waals surface area (Å²) in [5.41, 5.74) is 1.29. The van der Waals surface area contributed by atoms with Crippen LogP contribution in [0.2, 0.25) is 0 Å². The number of piperidine rings is 1. The molecule has 9 heteroatoms. The van der Waals surface area contributed by atoms with E-state index in [4.69, 9.17) is 0 Å². The molecule has 1 N–H and O–H groups in total. The second-order valence-electron chi connectivity index (χ2n) is 7.77. The number of benzene rings is 2. The summed E-state index contributed by atoms with van der Waals surface area (Å²) >= 11 is 0. The summed E-state index contributed by atoms with van der Waals surface area (Å²) in [7, 11) is 1.70. The molecule has 2 aromatic carbocycles.